The minimum atomic E-state index is -3.58. The van der Waals surface area contributed by atoms with Gasteiger partial charge in [0.1, 0.15) is 12.7 Å². The Morgan fingerprint density at radius 1 is 1.08 bits per heavy atom. The Balaban J connectivity index is 1.67. The normalized spacial score (nSPS) is 11.2. The van der Waals surface area contributed by atoms with Crippen LogP contribution in [0.15, 0.2) is 61.2 Å². The number of hydrogen-bond acceptors (Lipinski definition) is 5. The highest BCUT2D eigenvalue weighted by atomic mass is 32.2. The van der Waals surface area contributed by atoms with Crippen LogP contribution in [0, 0.1) is 0 Å². The van der Waals surface area contributed by atoms with Crippen LogP contribution in [0.5, 0.6) is 0 Å². The summed E-state index contributed by atoms with van der Waals surface area (Å²) in [6.45, 7) is 0. The summed E-state index contributed by atoms with van der Waals surface area (Å²) in [5.41, 5.74) is 2.39. The van der Waals surface area contributed by atoms with Crippen LogP contribution in [0.25, 0.3) is 5.69 Å². The molecule has 0 unspecified atom stereocenters. The van der Waals surface area contributed by atoms with Crippen molar-refractivity contribution in [3.63, 3.8) is 0 Å². The number of carbonyl (C=O) groups is 1. The molecular formula is C16H15N5O3S. The van der Waals surface area contributed by atoms with Gasteiger partial charge in [0.25, 0.3) is 5.91 Å². The molecule has 0 spiro atoms. The van der Waals surface area contributed by atoms with Crippen molar-refractivity contribution in [1.82, 2.24) is 14.8 Å². The molecule has 2 aromatic carbocycles. The van der Waals surface area contributed by atoms with E-state index >= 15 is 0 Å². The molecular weight excluding hydrogens is 342 g/mol. The number of aromatic nitrogens is 3. The van der Waals surface area contributed by atoms with Gasteiger partial charge in [-0.1, -0.05) is 12.1 Å². The van der Waals surface area contributed by atoms with Gasteiger partial charge in [-0.3, -0.25) is 4.79 Å². The maximum absolute atomic E-state index is 12.3. The van der Waals surface area contributed by atoms with Gasteiger partial charge >= 0.3 is 0 Å². The molecule has 3 aromatic rings. The van der Waals surface area contributed by atoms with Gasteiger partial charge in [-0.15, -0.1) is 0 Å². The van der Waals surface area contributed by atoms with Gasteiger partial charge in [0.2, 0.25) is 10.0 Å². The van der Waals surface area contributed by atoms with Crippen LogP contribution < -0.4 is 10.5 Å². The Hall–Kier alpha value is -3.04. The van der Waals surface area contributed by atoms with Gasteiger partial charge in [0, 0.05) is 11.3 Å². The number of primary sulfonamides is 1. The zero-order chi connectivity index (χ0) is 17.9. The molecule has 3 rings (SSSR count). The molecule has 0 fully saturated rings. The van der Waals surface area contributed by atoms with Crippen molar-refractivity contribution < 1.29 is 13.2 Å². The predicted octanol–water partition coefficient (Wildman–Crippen LogP) is 1.31. The van der Waals surface area contributed by atoms with Crippen molar-refractivity contribution in [2.24, 2.45) is 5.14 Å². The molecule has 0 aliphatic heterocycles. The minimum absolute atomic E-state index is 0.245. The maximum atomic E-state index is 12.3. The molecule has 0 aliphatic carbocycles. The fraction of sp³-hybridized carbons (Fsp3) is 0.0625. The van der Waals surface area contributed by atoms with Crippen LogP contribution in [0.3, 0.4) is 0 Å². The van der Waals surface area contributed by atoms with Gasteiger partial charge in [0.05, 0.1) is 11.4 Å². The van der Waals surface area contributed by atoms with Crippen LogP contribution in [0.1, 0.15) is 15.9 Å². The van der Waals surface area contributed by atoms with E-state index in [0.717, 1.165) is 5.69 Å². The maximum Gasteiger partial charge on any atom is 0.255 e. The zero-order valence-corrected chi connectivity index (χ0v) is 13.8. The predicted molar refractivity (Wildman–Crippen MR) is 92.6 cm³/mol. The first kappa shape index (κ1) is 16.8. The van der Waals surface area contributed by atoms with Crippen LogP contribution in [0.4, 0.5) is 5.69 Å². The SMILES string of the molecule is NS(=O)(=O)Cc1ccc(NC(=O)c2ccc(-n3cncn3)cc2)cc1. The second kappa shape index (κ2) is 6.83. The van der Waals surface area contributed by atoms with E-state index in [2.05, 4.69) is 15.4 Å². The first-order valence-corrected chi connectivity index (χ1v) is 8.98. The fourth-order valence-corrected chi connectivity index (χ4v) is 2.88. The van der Waals surface area contributed by atoms with E-state index < -0.39 is 10.0 Å². The third-order valence-corrected chi connectivity index (χ3v) is 4.13. The van der Waals surface area contributed by atoms with Crippen molar-refractivity contribution in [3.05, 3.63) is 72.3 Å². The number of hydrogen-bond donors (Lipinski definition) is 2. The lowest BCUT2D eigenvalue weighted by molar-refractivity contribution is 0.102. The molecule has 1 heterocycles. The van der Waals surface area contributed by atoms with E-state index in [1.807, 2.05) is 0 Å². The summed E-state index contributed by atoms with van der Waals surface area (Å²) < 4.78 is 23.7. The van der Waals surface area contributed by atoms with Crippen LogP contribution >= 0.6 is 0 Å². The van der Waals surface area contributed by atoms with E-state index in [0.29, 0.717) is 16.8 Å². The fourth-order valence-electron chi connectivity index (χ4n) is 2.23. The second-order valence-corrected chi connectivity index (χ2v) is 6.96. The number of amides is 1. The third kappa shape index (κ3) is 4.49. The summed E-state index contributed by atoms with van der Waals surface area (Å²) in [7, 11) is -3.58. The van der Waals surface area contributed by atoms with Gasteiger partial charge in [-0.05, 0) is 42.0 Å². The highest BCUT2D eigenvalue weighted by Gasteiger charge is 2.08. The van der Waals surface area contributed by atoms with Gasteiger partial charge in [-0.2, -0.15) is 5.10 Å². The highest BCUT2D eigenvalue weighted by Crippen LogP contribution is 2.14. The standard InChI is InChI=1S/C16H15N5O3S/c17-25(23,24)9-12-1-5-14(6-2-12)20-16(22)13-3-7-15(8-4-13)21-11-18-10-19-21/h1-8,10-11H,9H2,(H,20,22)(H2,17,23,24). The molecule has 0 atom stereocenters. The lowest BCUT2D eigenvalue weighted by Crippen LogP contribution is -2.15. The Bertz CT molecular complexity index is 966. The lowest BCUT2D eigenvalue weighted by Gasteiger charge is -2.07. The molecule has 3 N–H and O–H groups in total. The first-order chi connectivity index (χ1) is 11.9. The number of nitrogens with zero attached hydrogens (tertiary/aromatic N) is 3. The Kier molecular flexibility index (Phi) is 4.59. The summed E-state index contributed by atoms with van der Waals surface area (Å²) in [4.78, 5) is 16.1. The Morgan fingerprint density at radius 3 is 2.32 bits per heavy atom. The number of rotatable bonds is 5. The molecule has 0 aliphatic rings. The average Bonchev–Trinajstić information content (AvgIpc) is 3.10. The van der Waals surface area contributed by atoms with Crippen molar-refractivity contribution in [2.75, 3.05) is 5.32 Å². The van der Waals surface area contributed by atoms with Gasteiger partial charge in [0.15, 0.2) is 0 Å². The topological polar surface area (TPSA) is 120 Å². The molecule has 0 radical (unpaired) electrons. The quantitative estimate of drug-likeness (QED) is 0.713. The third-order valence-electron chi connectivity index (χ3n) is 3.39. The van der Waals surface area contributed by atoms with Crippen LogP contribution in [0.2, 0.25) is 0 Å². The molecule has 8 nitrogen and oxygen atoms in total. The minimum Gasteiger partial charge on any atom is -0.322 e. The number of benzene rings is 2. The van der Waals surface area contributed by atoms with Crippen molar-refractivity contribution in [2.45, 2.75) is 5.75 Å². The van der Waals surface area contributed by atoms with E-state index in [4.69, 9.17) is 5.14 Å². The van der Waals surface area contributed by atoms with Crippen LogP contribution in [-0.4, -0.2) is 29.1 Å². The first-order valence-electron chi connectivity index (χ1n) is 7.26. The summed E-state index contributed by atoms with van der Waals surface area (Å²) in [5.74, 6) is -0.519. The Labute approximate surface area is 144 Å². The molecule has 0 bridgehead atoms. The molecule has 128 valence electrons. The number of anilines is 1. The Morgan fingerprint density at radius 2 is 1.76 bits per heavy atom. The molecule has 1 amide bonds. The number of nitrogens with two attached hydrogens (primary N) is 1. The molecule has 0 saturated carbocycles. The van der Waals surface area contributed by atoms with Crippen molar-refractivity contribution >= 4 is 21.6 Å². The smallest absolute Gasteiger partial charge is 0.255 e. The zero-order valence-electron chi connectivity index (χ0n) is 13.0. The van der Waals surface area contributed by atoms with E-state index in [1.54, 1.807) is 59.5 Å². The monoisotopic (exact) mass is 357 g/mol. The number of carbonyl (C=O) groups excluding carboxylic acids is 1. The molecule has 1 aromatic heterocycles. The van der Waals surface area contributed by atoms with Gasteiger partial charge < -0.3 is 5.32 Å². The van der Waals surface area contributed by atoms with Gasteiger partial charge in [-0.25, -0.2) is 23.2 Å². The summed E-state index contributed by atoms with van der Waals surface area (Å²) in [6, 6.07) is 13.4. The lowest BCUT2D eigenvalue weighted by atomic mass is 10.2. The summed E-state index contributed by atoms with van der Waals surface area (Å²) in [6.07, 6.45) is 3.00. The second-order valence-electron chi connectivity index (χ2n) is 5.35. The molecule has 9 heteroatoms. The van der Waals surface area contributed by atoms with Crippen LogP contribution in [-0.2, 0) is 15.8 Å². The van der Waals surface area contributed by atoms with Crippen molar-refractivity contribution in [1.29, 1.82) is 0 Å². The van der Waals surface area contributed by atoms with Crippen molar-refractivity contribution in [3.8, 4) is 5.69 Å². The largest absolute Gasteiger partial charge is 0.322 e. The number of sulfonamides is 1. The average molecular weight is 357 g/mol. The summed E-state index contributed by atoms with van der Waals surface area (Å²) in [5, 5.41) is 11.8. The summed E-state index contributed by atoms with van der Waals surface area (Å²) >= 11 is 0. The van der Waals surface area contributed by atoms with E-state index in [1.165, 1.54) is 6.33 Å². The molecule has 25 heavy (non-hydrogen) atoms. The molecule has 0 saturated heterocycles. The van der Waals surface area contributed by atoms with E-state index in [9.17, 15) is 13.2 Å². The highest BCUT2D eigenvalue weighted by molar-refractivity contribution is 7.88. The van der Waals surface area contributed by atoms with E-state index in [-0.39, 0.29) is 11.7 Å². The number of nitrogens with one attached hydrogen (secondary N) is 1.